The van der Waals surface area contributed by atoms with E-state index in [1.165, 1.54) is 0 Å². The number of rotatable bonds is 3. The van der Waals surface area contributed by atoms with E-state index in [1.807, 2.05) is 0 Å². The number of carbonyl (C=O) groups excluding carboxylic acids is 1. The molecule has 0 atom stereocenters. The lowest BCUT2D eigenvalue weighted by Gasteiger charge is -2.06. The SMILES string of the molecule is N#CC(F)(F)OC(=O)CC(F)=C(F)F. The van der Waals surface area contributed by atoms with Crippen LogP contribution in [0.15, 0.2) is 11.9 Å². The Hall–Kier alpha value is -1.65. The Morgan fingerprint density at radius 3 is 2.21 bits per heavy atom. The Bertz CT molecular complexity index is 302. The molecule has 0 rings (SSSR count). The molecule has 0 aliphatic carbocycles. The van der Waals surface area contributed by atoms with E-state index in [9.17, 15) is 26.7 Å². The third kappa shape index (κ3) is 4.39. The van der Waals surface area contributed by atoms with Gasteiger partial charge in [0.1, 0.15) is 6.42 Å². The lowest BCUT2D eigenvalue weighted by atomic mass is 10.4. The molecule has 0 amide bonds. The summed E-state index contributed by atoms with van der Waals surface area (Å²) in [5.74, 6) is -4.13. The van der Waals surface area contributed by atoms with Gasteiger partial charge in [-0.1, -0.05) is 0 Å². The maximum atomic E-state index is 12.0. The predicted octanol–water partition coefficient (Wildman–Crippen LogP) is 2.11. The number of halogens is 5. The van der Waals surface area contributed by atoms with Crippen LogP contribution in [0.1, 0.15) is 6.42 Å². The van der Waals surface area contributed by atoms with E-state index >= 15 is 0 Å². The van der Waals surface area contributed by atoms with Crippen LogP contribution in [0.2, 0.25) is 0 Å². The first-order valence-electron chi connectivity index (χ1n) is 2.99. The Morgan fingerprint density at radius 1 is 1.36 bits per heavy atom. The van der Waals surface area contributed by atoms with Gasteiger partial charge in [0.2, 0.25) is 0 Å². The number of nitrogens with zero attached hydrogens (tertiary/aromatic N) is 1. The number of alkyl halides is 2. The van der Waals surface area contributed by atoms with Crippen LogP contribution in [0.5, 0.6) is 0 Å². The minimum Gasteiger partial charge on any atom is -0.389 e. The molecule has 14 heavy (non-hydrogen) atoms. The monoisotopic (exact) mass is 215 g/mol. The summed E-state index contributed by atoms with van der Waals surface area (Å²) in [6, 6.07) is 0.272. The molecule has 0 aromatic heterocycles. The highest BCUT2D eigenvalue weighted by Crippen LogP contribution is 2.18. The molecular formula is C6H2F5NO2. The summed E-state index contributed by atoms with van der Waals surface area (Å²) >= 11 is 0. The Morgan fingerprint density at radius 2 is 1.86 bits per heavy atom. The van der Waals surface area contributed by atoms with Crippen LogP contribution < -0.4 is 0 Å². The van der Waals surface area contributed by atoms with E-state index in [2.05, 4.69) is 4.74 Å². The molecule has 8 heteroatoms. The van der Waals surface area contributed by atoms with Gasteiger partial charge in [0, 0.05) is 0 Å². The quantitative estimate of drug-likeness (QED) is 0.535. The zero-order chi connectivity index (χ0) is 11.4. The van der Waals surface area contributed by atoms with Gasteiger partial charge < -0.3 is 4.74 Å². The average Bonchev–Trinajstić information content (AvgIpc) is 2.02. The van der Waals surface area contributed by atoms with Gasteiger partial charge in [-0.25, -0.2) is 4.39 Å². The van der Waals surface area contributed by atoms with Crippen molar-refractivity contribution in [3.05, 3.63) is 11.9 Å². The fourth-order valence-electron chi connectivity index (χ4n) is 0.395. The Balaban J connectivity index is 4.29. The molecule has 3 nitrogen and oxygen atoms in total. The van der Waals surface area contributed by atoms with Crippen LogP contribution in [-0.4, -0.2) is 12.1 Å². The van der Waals surface area contributed by atoms with Crippen LogP contribution in [0, 0.1) is 11.3 Å². The number of carbonyl (C=O) groups is 1. The normalized spacial score (nSPS) is 10.3. The first-order chi connectivity index (χ1) is 6.28. The lowest BCUT2D eigenvalue weighted by molar-refractivity contribution is -0.203. The van der Waals surface area contributed by atoms with Crippen molar-refractivity contribution in [2.45, 2.75) is 12.5 Å². The molecule has 0 saturated carbocycles. The molecule has 0 spiro atoms. The van der Waals surface area contributed by atoms with Crippen molar-refractivity contribution in [2.24, 2.45) is 0 Å². The molecule has 0 radical (unpaired) electrons. The minimum absolute atomic E-state index is 0.272. The fourth-order valence-corrected chi connectivity index (χ4v) is 0.395. The van der Waals surface area contributed by atoms with Gasteiger partial charge in [-0.2, -0.15) is 14.0 Å². The Labute approximate surface area is 74.4 Å². The summed E-state index contributed by atoms with van der Waals surface area (Å²) in [4.78, 5) is 10.3. The topological polar surface area (TPSA) is 50.1 Å². The molecule has 0 saturated heterocycles. The fraction of sp³-hybridized carbons (Fsp3) is 0.333. The molecule has 0 aromatic carbocycles. The highest BCUT2D eigenvalue weighted by Gasteiger charge is 2.34. The van der Waals surface area contributed by atoms with E-state index in [-0.39, 0.29) is 6.07 Å². The number of nitriles is 1. The molecular weight excluding hydrogens is 213 g/mol. The van der Waals surface area contributed by atoms with Gasteiger partial charge in [0.05, 0.1) is 0 Å². The molecule has 0 unspecified atom stereocenters. The highest BCUT2D eigenvalue weighted by atomic mass is 19.3. The number of hydrogen-bond acceptors (Lipinski definition) is 3. The third-order valence-corrected chi connectivity index (χ3v) is 0.877. The summed E-state index contributed by atoms with van der Waals surface area (Å²) in [5.41, 5.74) is 0. The van der Waals surface area contributed by atoms with E-state index in [1.54, 1.807) is 0 Å². The summed E-state index contributed by atoms with van der Waals surface area (Å²) in [6.45, 7) is 0. The first-order valence-corrected chi connectivity index (χ1v) is 2.99. The molecule has 0 aliphatic heterocycles. The Kier molecular flexibility index (Phi) is 4.01. The maximum Gasteiger partial charge on any atom is 0.496 e. The second-order valence-electron chi connectivity index (χ2n) is 1.94. The lowest BCUT2D eigenvalue weighted by Crippen LogP contribution is -2.22. The summed E-state index contributed by atoms with van der Waals surface area (Å²) in [5, 5.41) is 7.66. The molecule has 0 N–H and O–H groups in total. The number of ether oxygens (including phenoxy) is 1. The molecule has 0 aromatic rings. The van der Waals surface area contributed by atoms with Gasteiger partial charge in [0.15, 0.2) is 11.9 Å². The van der Waals surface area contributed by atoms with E-state index in [0.29, 0.717) is 0 Å². The summed E-state index contributed by atoms with van der Waals surface area (Å²) < 4.78 is 61.6. The smallest absolute Gasteiger partial charge is 0.389 e. The van der Waals surface area contributed by atoms with Gasteiger partial charge in [0.25, 0.3) is 0 Å². The predicted molar refractivity (Wildman–Crippen MR) is 31.6 cm³/mol. The van der Waals surface area contributed by atoms with Crippen LogP contribution in [0.25, 0.3) is 0 Å². The van der Waals surface area contributed by atoms with Crippen LogP contribution >= 0.6 is 0 Å². The zero-order valence-electron chi connectivity index (χ0n) is 6.36. The summed E-state index contributed by atoms with van der Waals surface area (Å²) in [7, 11) is 0. The van der Waals surface area contributed by atoms with Crippen LogP contribution in [0.3, 0.4) is 0 Å². The van der Waals surface area contributed by atoms with Gasteiger partial charge in [-0.15, -0.1) is 8.78 Å². The van der Waals surface area contributed by atoms with Crippen LogP contribution in [-0.2, 0) is 9.53 Å². The van der Waals surface area contributed by atoms with E-state index in [4.69, 9.17) is 5.26 Å². The van der Waals surface area contributed by atoms with Gasteiger partial charge in [-0.05, 0) is 0 Å². The molecule has 0 heterocycles. The number of hydrogen-bond donors (Lipinski definition) is 0. The van der Waals surface area contributed by atoms with Crippen molar-refractivity contribution >= 4 is 5.97 Å². The summed E-state index contributed by atoms with van der Waals surface area (Å²) in [6.07, 6.45) is -8.88. The van der Waals surface area contributed by atoms with E-state index < -0.39 is 30.4 Å². The van der Waals surface area contributed by atoms with Crippen molar-refractivity contribution < 1.29 is 31.5 Å². The standard InChI is InChI=1S/C6H2F5NO2/c7-3(5(8)9)1-4(13)14-6(10,11)2-12/h1H2. The maximum absolute atomic E-state index is 12.0. The van der Waals surface area contributed by atoms with E-state index in [0.717, 1.165) is 0 Å². The first kappa shape index (κ1) is 12.3. The van der Waals surface area contributed by atoms with Crippen LogP contribution in [0.4, 0.5) is 22.0 Å². The average molecular weight is 215 g/mol. The molecule has 78 valence electrons. The second-order valence-corrected chi connectivity index (χ2v) is 1.94. The van der Waals surface area contributed by atoms with Crippen molar-refractivity contribution in [2.75, 3.05) is 0 Å². The van der Waals surface area contributed by atoms with Crippen molar-refractivity contribution in [3.63, 3.8) is 0 Å². The molecule has 0 aliphatic rings. The third-order valence-electron chi connectivity index (χ3n) is 0.877. The largest absolute Gasteiger partial charge is 0.496 e. The van der Waals surface area contributed by atoms with Crippen molar-refractivity contribution in [1.29, 1.82) is 5.26 Å². The van der Waals surface area contributed by atoms with Gasteiger partial charge >= 0.3 is 18.2 Å². The van der Waals surface area contributed by atoms with Crippen molar-refractivity contribution in [3.8, 4) is 6.07 Å². The molecule has 0 fully saturated rings. The van der Waals surface area contributed by atoms with Gasteiger partial charge in [-0.3, -0.25) is 4.79 Å². The zero-order valence-corrected chi connectivity index (χ0v) is 6.36. The molecule has 0 bridgehead atoms. The highest BCUT2D eigenvalue weighted by molar-refractivity contribution is 5.72. The second kappa shape index (κ2) is 4.55. The minimum atomic E-state index is -4.44. The van der Waals surface area contributed by atoms with Crippen molar-refractivity contribution in [1.82, 2.24) is 0 Å². The number of esters is 1.